The highest BCUT2D eigenvalue weighted by Crippen LogP contribution is 2.30. The van der Waals surface area contributed by atoms with Gasteiger partial charge >= 0.3 is 6.18 Å². The monoisotopic (exact) mass is 300 g/mol. The van der Waals surface area contributed by atoms with Crippen molar-refractivity contribution in [2.75, 3.05) is 0 Å². The summed E-state index contributed by atoms with van der Waals surface area (Å²) < 4.78 is 39.3. The Hall–Kier alpha value is -2.07. The third-order valence-corrected chi connectivity index (χ3v) is 3.24. The maximum atomic E-state index is 12.7. The first-order chi connectivity index (χ1) is 9.25. The average molecular weight is 301 g/mol. The predicted molar refractivity (Wildman–Crippen MR) is 65.6 cm³/mol. The molecule has 2 aromatic rings. The highest BCUT2D eigenvalue weighted by molar-refractivity contribution is 6.31. The average Bonchev–Trinajstić information content (AvgIpc) is 2.64. The summed E-state index contributed by atoms with van der Waals surface area (Å²) in [6, 6.07) is 3.62. The first kappa shape index (κ1) is 14.3. The summed E-state index contributed by atoms with van der Waals surface area (Å²) in [4.78, 5) is 3.49. The molecule has 0 aliphatic rings. The fourth-order valence-corrected chi connectivity index (χ4v) is 1.80. The topological polar surface area (TPSA) is 54.5 Å². The minimum Gasteiger partial charge on any atom is -0.223 e. The van der Waals surface area contributed by atoms with Crippen LogP contribution in [0.4, 0.5) is 13.2 Å². The van der Waals surface area contributed by atoms with Gasteiger partial charge in [-0.05, 0) is 26.0 Å². The Morgan fingerprint density at radius 2 is 1.95 bits per heavy atom. The minimum absolute atomic E-state index is 0.0136. The molecule has 0 atom stereocenters. The van der Waals surface area contributed by atoms with Gasteiger partial charge in [-0.2, -0.15) is 23.5 Å². The van der Waals surface area contributed by atoms with Crippen molar-refractivity contribution in [3.8, 4) is 11.9 Å². The first-order valence-corrected chi connectivity index (χ1v) is 5.84. The molecule has 0 saturated carbocycles. The van der Waals surface area contributed by atoms with E-state index in [9.17, 15) is 13.2 Å². The summed E-state index contributed by atoms with van der Waals surface area (Å²) >= 11 is 5.96. The number of nitriles is 1. The Bertz CT molecular complexity index is 713. The molecular weight excluding hydrogens is 293 g/mol. The van der Waals surface area contributed by atoms with Gasteiger partial charge in [-0.15, -0.1) is 0 Å². The Balaban J connectivity index is 2.72. The van der Waals surface area contributed by atoms with Crippen molar-refractivity contribution in [1.29, 1.82) is 5.26 Å². The third kappa shape index (κ3) is 2.34. The number of hydrogen-bond donors (Lipinski definition) is 0. The maximum Gasteiger partial charge on any atom is 0.433 e. The van der Waals surface area contributed by atoms with Crippen molar-refractivity contribution in [3.05, 3.63) is 39.8 Å². The number of alkyl halides is 3. The summed E-state index contributed by atoms with van der Waals surface area (Å²) in [5.41, 5.74) is -0.227. The van der Waals surface area contributed by atoms with Crippen molar-refractivity contribution >= 4 is 11.6 Å². The van der Waals surface area contributed by atoms with Crippen molar-refractivity contribution in [1.82, 2.24) is 14.8 Å². The van der Waals surface area contributed by atoms with Gasteiger partial charge in [-0.25, -0.2) is 9.67 Å². The molecular formula is C12H8ClF3N4. The van der Waals surface area contributed by atoms with Gasteiger partial charge in [0.1, 0.15) is 11.8 Å². The number of aromatic nitrogens is 3. The standard InChI is InChI=1S/C12H8ClF3N4/c1-6-10(13)7(2)20(19-6)11-8(5-17)3-4-9(18-11)12(14,15)16/h3-4H,1-2H3. The zero-order valence-corrected chi connectivity index (χ0v) is 11.2. The van der Waals surface area contributed by atoms with Crippen molar-refractivity contribution in [2.24, 2.45) is 0 Å². The normalized spacial score (nSPS) is 11.4. The molecule has 0 unspecified atom stereocenters. The molecule has 0 N–H and O–H groups in total. The molecule has 4 nitrogen and oxygen atoms in total. The molecule has 2 heterocycles. The molecule has 0 fully saturated rings. The lowest BCUT2D eigenvalue weighted by atomic mass is 10.2. The van der Waals surface area contributed by atoms with E-state index in [1.807, 2.05) is 0 Å². The smallest absolute Gasteiger partial charge is 0.223 e. The van der Waals surface area contributed by atoms with E-state index in [1.54, 1.807) is 19.9 Å². The van der Waals surface area contributed by atoms with Crippen LogP contribution in [-0.4, -0.2) is 14.8 Å². The molecule has 2 rings (SSSR count). The molecule has 0 saturated heterocycles. The van der Waals surface area contributed by atoms with E-state index in [1.165, 1.54) is 0 Å². The largest absolute Gasteiger partial charge is 0.433 e. The lowest BCUT2D eigenvalue weighted by Gasteiger charge is -2.10. The van der Waals surface area contributed by atoms with Crippen LogP contribution in [0.1, 0.15) is 22.6 Å². The fraction of sp³-hybridized carbons (Fsp3) is 0.250. The lowest BCUT2D eigenvalue weighted by molar-refractivity contribution is -0.141. The molecule has 0 amide bonds. The van der Waals surface area contributed by atoms with Crippen molar-refractivity contribution in [3.63, 3.8) is 0 Å². The van der Waals surface area contributed by atoms with Gasteiger partial charge < -0.3 is 0 Å². The third-order valence-electron chi connectivity index (χ3n) is 2.69. The molecule has 8 heteroatoms. The summed E-state index contributed by atoms with van der Waals surface area (Å²) in [6.45, 7) is 3.21. The quantitative estimate of drug-likeness (QED) is 0.811. The van der Waals surface area contributed by atoms with E-state index in [2.05, 4.69) is 10.1 Å². The Labute approximate surface area is 117 Å². The Morgan fingerprint density at radius 3 is 2.40 bits per heavy atom. The Morgan fingerprint density at radius 1 is 1.30 bits per heavy atom. The minimum atomic E-state index is -4.59. The molecule has 0 radical (unpaired) electrons. The van der Waals surface area contributed by atoms with Gasteiger partial charge in [-0.1, -0.05) is 11.6 Å². The SMILES string of the molecule is Cc1nn(-c2nc(C(F)(F)F)ccc2C#N)c(C)c1Cl. The number of rotatable bonds is 1. The van der Waals surface area contributed by atoms with Gasteiger partial charge in [0.05, 0.1) is 22.0 Å². The van der Waals surface area contributed by atoms with Gasteiger partial charge in [-0.3, -0.25) is 0 Å². The Kier molecular flexibility index (Phi) is 3.44. The zero-order valence-electron chi connectivity index (χ0n) is 10.5. The lowest BCUT2D eigenvalue weighted by Crippen LogP contribution is -2.13. The maximum absolute atomic E-state index is 12.7. The van der Waals surface area contributed by atoms with Crippen LogP contribution in [0.15, 0.2) is 12.1 Å². The van der Waals surface area contributed by atoms with Crippen LogP contribution in [0.25, 0.3) is 5.82 Å². The number of aryl methyl sites for hydroxylation is 1. The molecule has 104 valence electrons. The second kappa shape index (κ2) is 4.80. The molecule has 20 heavy (non-hydrogen) atoms. The molecule has 0 aliphatic heterocycles. The van der Waals surface area contributed by atoms with E-state index in [0.717, 1.165) is 16.8 Å². The number of hydrogen-bond acceptors (Lipinski definition) is 3. The fourth-order valence-electron chi connectivity index (χ4n) is 1.68. The van der Waals surface area contributed by atoms with Crippen LogP contribution in [0.5, 0.6) is 0 Å². The van der Waals surface area contributed by atoms with Crippen LogP contribution >= 0.6 is 11.6 Å². The number of nitrogens with zero attached hydrogens (tertiary/aromatic N) is 4. The molecule has 2 aromatic heterocycles. The second-order valence-electron chi connectivity index (χ2n) is 4.07. The van der Waals surface area contributed by atoms with Crippen LogP contribution in [-0.2, 0) is 6.18 Å². The van der Waals surface area contributed by atoms with Gasteiger partial charge in [0.25, 0.3) is 0 Å². The molecule has 0 aliphatic carbocycles. The molecule has 0 aromatic carbocycles. The van der Waals surface area contributed by atoms with Gasteiger partial charge in [0, 0.05) is 0 Å². The number of halogens is 4. The second-order valence-corrected chi connectivity index (χ2v) is 4.45. The number of pyridine rings is 1. The van der Waals surface area contributed by atoms with E-state index >= 15 is 0 Å². The zero-order chi connectivity index (χ0) is 15.1. The van der Waals surface area contributed by atoms with Gasteiger partial charge in [0.2, 0.25) is 0 Å². The summed E-state index contributed by atoms with van der Waals surface area (Å²) in [5, 5.41) is 13.3. The van der Waals surface area contributed by atoms with Crippen LogP contribution in [0, 0.1) is 25.2 Å². The predicted octanol–water partition coefficient (Wildman–Crippen LogP) is 3.43. The summed E-state index contributed by atoms with van der Waals surface area (Å²) in [6.07, 6.45) is -4.59. The van der Waals surface area contributed by atoms with E-state index in [-0.39, 0.29) is 11.4 Å². The van der Waals surface area contributed by atoms with Crippen molar-refractivity contribution < 1.29 is 13.2 Å². The van der Waals surface area contributed by atoms with E-state index < -0.39 is 11.9 Å². The molecule has 0 spiro atoms. The first-order valence-electron chi connectivity index (χ1n) is 5.46. The highest BCUT2D eigenvalue weighted by atomic mass is 35.5. The summed E-state index contributed by atoms with van der Waals surface area (Å²) in [7, 11) is 0. The van der Waals surface area contributed by atoms with Crippen LogP contribution < -0.4 is 0 Å². The van der Waals surface area contributed by atoms with E-state index in [0.29, 0.717) is 16.4 Å². The highest BCUT2D eigenvalue weighted by Gasteiger charge is 2.33. The van der Waals surface area contributed by atoms with E-state index in [4.69, 9.17) is 16.9 Å². The van der Waals surface area contributed by atoms with Crippen molar-refractivity contribution in [2.45, 2.75) is 20.0 Å². The summed E-state index contributed by atoms with van der Waals surface area (Å²) in [5.74, 6) is -0.185. The van der Waals surface area contributed by atoms with Crippen LogP contribution in [0.2, 0.25) is 5.02 Å². The van der Waals surface area contributed by atoms with Crippen LogP contribution in [0.3, 0.4) is 0 Å². The molecule has 0 bridgehead atoms. The van der Waals surface area contributed by atoms with Gasteiger partial charge in [0.15, 0.2) is 5.82 Å².